The Hall–Kier alpha value is -2.14. The maximum atomic E-state index is 11.1. The lowest BCUT2D eigenvalue weighted by Gasteiger charge is -2.21. The Balaban J connectivity index is 1.85. The number of nitrogens with zero attached hydrogens (tertiary/aromatic N) is 2. The van der Waals surface area contributed by atoms with Crippen LogP contribution in [0.1, 0.15) is 19.1 Å². The highest BCUT2D eigenvalue weighted by molar-refractivity contribution is 5.79. The molecule has 0 saturated carbocycles. The largest absolute Gasteiger partial charge is 0.368 e. The van der Waals surface area contributed by atoms with Gasteiger partial charge in [0.1, 0.15) is 11.5 Å². The first-order valence-electron chi connectivity index (χ1n) is 7.08. The molecule has 112 valence electrons. The Morgan fingerprint density at radius 3 is 2.76 bits per heavy atom. The molecule has 0 unspecified atom stereocenters. The van der Waals surface area contributed by atoms with Crippen molar-refractivity contribution >= 4 is 5.91 Å². The fourth-order valence-electron chi connectivity index (χ4n) is 2.09. The summed E-state index contributed by atoms with van der Waals surface area (Å²) in [5.74, 6) is 0.553. The molecule has 5 heteroatoms. The standard InChI is InChI=1S/C16H21N3O2/c1-12(16(17)20)19(2)10-6-9-14-11-15(18-21-14)13-7-4-3-5-8-13/h3-5,7-8,11-12H,6,9-10H2,1-2H3,(H2,17,20)/t12-/m0/s1. The van der Waals surface area contributed by atoms with Crippen molar-refractivity contribution in [1.82, 2.24) is 10.1 Å². The van der Waals surface area contributed by atoms with E-state index in [9.17, 15) is 4.79 Å². The van der Waals surface area contributed by atoms with E-state index in [1.807, 2.05) is 55.3 Å². The molecule has 1 aromatic heterocycles. The van der Waals surface area contributed by atoms with Gasteiger partial charge in [-0.05, 0) is 26.9 Å². The average molecular weight is 287 g/mol. The van der Waals surface area contributed by atoms with Crippen LogP contribution in [-0.2, 0) is 11.2 Å². The van der Waals surface area contributed by atoms with Crippen molar-refractivity contribution in [3.63, 3.8) is 0 Å². The highest BCUT2D eigenvalue weighted by Gasteiger charge is 2.14. The number of hydrogen-bond acceptors (Lipinski definition) is 4. The third kappa shape index (κ3) is 4.16. The van der Waals surface area contributed by atoms with E-state index in [1.165, 1.54) is 0 Å². The number of nitrogens with two attached hydrogens (primary N) is 1. The number of aromatic nitrogens is 1. The fraction of sp³-hybridized carbons (Fsp3) is 0.375. The first kappa shape index (κ1) is 15.3. The van der Waals surface area contributed by atoms with Crippen LogP contribution < -0.4 is 5.73 Å². The van der Waals surface area contributed by atoms with Gasteiger partial charge in [0.2, 0.25) is 5.91 Å². The molecule has 1 amide bonds. The van der Waals surface area contributed by atoms with Crippen LogP contribution in [0, 0.1) is 0 Å². The summed E-state index contributed by atoms with van der Waals surface area (Å²) in [6.07, 6.45) is 1.67. The first-order valence-corrected chi connectivity index (χ1v) is 7.08. The fourth-order valence-corrected chi connectivity index (χ4v) is 2.09. The zero-order valence-corrected chi connectivity index (χ0v) is 12.5. The number of likely N-dealkylation sites (N-methyl/N-ethyl adjacent to an activating group) is 1. The molecule has 2 aromatic rings. The van der Waals surface area contributed by atoms with E-state index in [4.69, 9.17) is 10.3 Å². The third-order valence-electron chi connectivity index (χ3n) is 3.64. The SMILES string of the molecule is C[C@@H](C(N)=O)N(C)CCCc1cc(-c2ccccc2)no1. The van der Waals surface area contributed by atoms with E-state index >= 15 is 0 Å². The van der Waals surface area contributed by atoms with Gasteiger partial charge in [-0.1, -0.05) is 35.5 Å². The van der Waals surface area contributed by atoms with Gasteiger partial charge in [-0.25, -0.2) is 0 Å². The Morgan fingerprint density at radius 2 is 2.10 bits per heavy atom. The third-order valence-corrected chi connectivity index (χ3v) is 3.64. The number of aryl methyl sites for hydroxylation is 1. The number of carbonyl (C=O) groups is 1. The highest BCUT2D eigenvalue weighted by Crippen LogP contribution is 2.19. The molecule has 2 rings (SSSR count). The van der Waals surface area contributed by atoms with Gasteiger partial charge in [-0.3, -0.25) is 9.69 Å². The van der Waals surface area contributed by atoms with Crippen LogP contribution in [0.4, 0.5) is 0 Å². The van der Waals surface area contributed by atoms with E-state index < -0.39 is 0 Å². The van der Waals surface area contributed by atoms with Crippen molar-refractivity contribution in [2.75, 3.05) is 13.6 Å². The Kier molecular flexibility index (Phi) is 5.11. The molecular formula is C16H21N3O2. The van der Waals surface area contributed by atoms with Gasteiger partial charge < -0.3 is 10.3 Å². The predicted molar refractivity (Wildman–Crippen MR) is 81.5 cm³/mol. The average Bonchev–Trinajstić information content (AvgIpc) is 2.96. The van der Waals surface area contributed by atoms with E-state index in [2.05, 4.69) is 5.16 Å². The summed E-state index contributed by atoms with van der Waals surface area (Å²) in [6, 6.07) is 11.6. The summed E-state index contributed by atoms with van der Waals surface area (Å²) in [5, 5.41) is 4.08. The van der Waals surface area contributed by atoms with Gasteiger partial charge in [0.25, 0.3) is 0 Å². The van der Waals surface area contributed by atoms with Crippen LogP contribution in [0.15, 0.2) is 40.9 Å². The zero-order valence-electron chi connectivity index (χ0n) is 12.5. The van der Waals surface area contributed by atoms with Crippen molar-refractivity contribution in [3.8, 4) is 11.3 Å². The maximum Gasteiger partial charge on any atom is 0.234 e. The molecule has 0 spiro atoms. The summed E-state index contributed by atoms with van der Waals surface area (Å²) < 4.78 is 5.35. The monoisotopic (exact) mass is 287 g/mol. The minimum absolute atomic E-state index is 0.250. The van der Waals surface area contributed by atoms with Crippen LogP contribution in [0.25, 0.3) is 11.3 Å². The number of primary amides is 1. The van der Waals surface area contributed by atoms with Crippen molar-refractivity contribution in [3.05, 3.63) is 42.2 Å². The molecule has 5 nitrogen and oxygen atoms in total. The van der Waals surface area contributed by atoms with E-state index in [0.29, 0.717) is 0 Å². The molecule has 21 heavy (non-hydrogen) atoms. The Labute approximate surface area is 124 Å². The van der Waals surface area contributed by atoms with Crippen LogP contribution >= 0.6 is 0 Å². The molecule has 1 atom stereocenters. The van der Waals surface area contributed by atoms with Crippen LogP contribution in [-0.4, -0.2) is 35.6 Å². The van der Waals surface area contributed by atoms with Gasteiger partial charge in [-0.2, -0.15) is 0 Å². The van der Waals surface area contributed by atoms with Gasteiger partial charge in [-0.15, -0.1) is 0 Å². The summed E-state index contributed by atoms with van der Waals surface area (Å²) in [4.78, 5) is 13.0. The minimum Gasteiger partial charge on any atom is -0.368 e. The molecule has 0 aliphatic rings. The Bertz CT molecular complexity index is 580. The molecule has 2 N–H and O–H groups in total. The summed E-state index contributed by atoms with van der Waals surface area (Å²) in [7, 11) is 1.89. The van der Waals surface area contributed by atoms with Crippen LogP contribution in [0.2, 0.25) is 0 Å². The second kappa shape index (κ2) is 7.04. The van der Waals surface area contributed by atoms with E-state index in [0.717, 1.165) is 36.4 Å². The van der Waals surface area contributed by atoms with Gasteiger partial charge in [0, 0.05) is 18.1 Å². The number of rotatable bonds is 7. The van der Waals surface area contributed by atoms with E-state index in [1.54, 1.807) is 0 Å². The molecule has 1 aromatic carbocycles. The molecular weight excluding hydrogens is 266 g/mol. The van der Waals surface area contributed by atoms with E-state index in [-0.39, 0.29) is 11.9 Å². The van der Waals surface area contributed by atoms with Crippen LogP contribution in [0.3, 0.4) is 0 Å². The normalized spacial score (nSPS) is 12.5. The number of carbonyl (C=O) groups excluding carboxylic acids is 1. The lowest BCUT2D eigenvalue weighted by Crippen LogP contribution is -2.40. The maximum absolute atomic E-state index is 11.1. The van der Waals surface area contributed by atoms with Gasteiger partial charge >= 0.3 is 0 Å². The lowest BCUT2D eigenvalue weighted by atomic mass is 10.1. The topological polar surface area (TPSA) is 72.4 Å². The molecule has 0 aliphatic carbocycles. The summed E-state index contributed by atoms with van der Waals surface area (Å²) in [6.45, 7) is 2.59. The molecule has 0 fully saturated rings. The van der Waals surface area contributed by atoms with Crippen molar-refractivity contribution < 1.29 is 9.32 Å². The summed E-state index contributed by atoms with van der Waals surface area (Å²) >= 11 is 0. The van der Waals surface area contributed by atoms with Crippen LogP contribution in [0.5, 0.6) is 0 Å². The predicted octanol–water partition coefficient (Wildman–Crippen LogP) is 2.08. The quantitative estimate of drug-likeness (QED) is 0.846. The first-order chi connectivity index (χ1) is 10.1. The lowest BCUT2D eigenvalue weighted by molar-refractivity contribution is -0.122. The van der Waals surface area contributed by atoms with Crippen molar-refractivity contribution in [2.24, 2.45) is 5.73 Å². The minimum atomic E-state index is -0.302. The van der Waals surface area contributed by atoms with Crippen molar-refractivity contribution in [2.45, 2.75) is 25.8 Å². The van der Waals surface area contributed by atoms with Crippen molar-refractivity contribution in [1.29, 1.82) is 0 Å². The number of amides is 1. The summed E-state index contributed by atoms with van der Waals surface area (Å²) in [5.41, 5.74) is 7.18. The number of benzene rings is 1. The second-order valence-electron chi connectivity index (χ2n) is 5.21. The highest BCUT2D eigenvalue weighted by atomic mass is 16.5. The number of hydrogen-bond donors (Lipinski definition) is 1. The molecule has 0 radical (unpaired) electrons. The van der Waals surface area contributed by atoms with Gasteiger partial charge in [0.15, 0.2) is 0 Å². The Morgan fingerprint density at radius 1 is 1.38 bits per heavy atom. The molecule has 0 aliphatic heterocycles. The van der Waals surface area contributed by atoms with Gasteiger partial charge in [0.05, 0.1) is 6.04 Å². The second-order valence-corrected chi connectivity index (χ2v) is 5.21. The molecule has 0 bridgehead atoms. The smallest absolute Gasteiger partial charge is 0.234 e. The molecule has 0 saturated heterocycles. The zero-order chi connectivity index (χ0) is 15.2. The molecule has 1 heterocycles.